The van der Waals surface area contributed by atoms with Crippen molar-refractivity contribution in [2.75, 3.05) is 0 Å². The molecule has 15 rings (SSSR count). The van der Waals surface area contributed by atoms with E-state index in [0.29, 0.717) is 0 Å². The quantitative estimate of drug-likeness (QED) is 0.165. The minimum absolute atomic E-state index is 0.393. The van der Waals surface area contributed by atoms with Crippen molar-refractivity contribution < 1.29 is 0 Å². The Balaban J connectivity index is 0.895. The third-order valence-electron chi connectivity index (χ3n) is 15.1. The summed E-state index contributed by atoms with van der Waals surface area (Å²) in [7, 11) is 0. The minimum atomic E-state index is -0.393. The summed E-state index contributed by atoms with van der Waals surface area (Å²) in [6.07, 6.45) is 3.57. The first-order valence-electron chi connectivity index (χ1n) is 23.5. The third-order valence-corrected chi connectivity index (χ3v) is 15.1. The van der Waals surface area contributed by atoms with Gasteiger partial charge in [0, 0.05) is 39.6 Å². The van der Waals surface area contributed by atoms with Crippen LogP contribution >= 0.6 is 0 Å². The second kappa shape index (κ2) is 14.0. The highest BCUT2D eigenvalue weighted by molar-refractivity contribution is 6.23. The van der Waals surface area contributed by atoms with Crippen molar-refractivity contribution in [2.45, 2.75) is 5.41 Å². The molecule has 2 aromatic heterocycles. The van der Waals surface area contributed by atoms with Crippen LogP contribution in [0.4, 0.5) is 0 Å². The lowest BCUT2D eigenvalue weighted by atomic mass is 9.70. The van der Waals surface area contributed by atoms with Gasteiger partial charge >= 0.3 is 0 Å². The van der Waals surface area contributed by atoms with Gasteiger partial charge in [0.2, 0.25) is 0 Å². The maximum absolute atomic E-state index is 4.79. The van der Waals surface area contributed by atoms with Gasteiger partial charge < -0.3 is 4.57 Å². The number of fused-ring (bicyclic) bond motifs is 19. The summed E-state index contributed by atoms with van der Waals surface area (Å²) < 4.78 is 2.42. The number of hydrogen-bond donors (Lipinski definition) is 0. The summed E-state index contributed by atoms with van der Waals surface area (Å²) in [4.78, 5) is 9.54. The second-order valence-electron chi connectivity index (χ2n) is 18.4. The molecule has 13 aromatic rings. The zero-order valence-corrected chi connectivity index (χ0v) is 36.9. The number of aromatic nitrogens is 3. The van der Waals surface area contributed by atoms with Gasteiger partial charge in [0.1, 0.15) is 0 Å². The number of nitrogens with zero attached hydrogens (tertiary/aromatic N) is 3. The van der Waals surface area contributed by atoms with E-state index >= 15 is 0 Å². The number of hydrogen-bond acceptors (Lipinski definition) is 2. The molecule has 11 aromatic carbocycles. The maximum atomic E-state index is 4.79. The van der Waals surface area contributed by atoms with Crippen LogP contribution in [0.5, 0.6) is 0 Å². The van der Waals surface area contributed by atoms with Gasteiger partial charge in [0.05, 0.1) is 27.5 Å². The molecule has 2 heterocycles. The van der Waals surface area contributed by atoms with Crippen LogP contribution in [-0.4, -0.2) is 14.5 Å². The Morgan fingerprint density at radius 2 is 0.721 bits per heavy atom. The van der Waals surface area contributed by atoms with E-state index in [-0.39, 0.29) is 0 Å². The minimum Gasteiger partial charge on any atom is -0.309 e. The third kappa shape index (κ3) is 5.07. The summed E-state index contributed by atoms with van der Waals surface area (Å²) in [5.41, 5.74) is 22.8. The summed E-state index contributed by atoms with van der Waals surface area (Å²) in [5.74, 6) is 0. The van der Waals surface area contributed by atoms with Crippen LogP contribution in [0.15, 0.2) is 237 Å². The monoisotopic (exact) mass is 861 g/mol. The van der Waals surface area contributed by atoms with Crippen molar-refractivity contribution in [1.82, 2.24) is 14.5 Å². The fourth-order valence-electron chi connectivity index (χ4n) is 12.2. The number of benzene rings is 11. The van der Waals surface area contributed by atoms with E-state index in [4.69, 9.17) is 9.97 Å². The van der Waals surface area contributed by atoms with Crippen LogP contribution in [0.1, 0.15) is 22.3 Å². The van der Waals surface area contributed by atoms with Crippen molar-refractivity contribution in [3.8, 4) is 61.3 Å². The van der Waals surface area contributed by atoms with Gasteiger partial charge in [-0.25, -0.2) is 0 Å². The van der Waals surface area contributed by atoms with E-state index in [9.17, 15) is 0 Å². The Bertz CT molecular complexity index is 4170. The molecule has 0 N–H and O–H groups in total. The maximum Gasteiger partial charge on any atom is 0.0971 e. The molecule has 0 atom stereocenters. The molecule has 0 radical (unpaired) electrons. The summed E-state index contributed by atoms with van der Waals surface area (Å²) >= 11 is 0. The Labute approximate surface area is 392 Å². The average molecular weight is 862 g/mol. The van der Waals surface area contributed by atoms with Crippen molar-refractivity contribution in [3.63, 3.8) is 0 Å². The topological polar surface area (TPSA) is 30.7 Å². The standard InChI is InChI=1S/C65H39N3/c1-2-15-46(16-3-1)68-61-31-27-43(41-14-12-13-40(35-41)42-26-30-53-54(36-42)47-17-4-5-21-52(47)63-64(53)67-34-33-66-63)37-55(61)56-38-44(28-32-62(56)68)45-25-29-51-50-20-8-11-24-59(50)65(60(51)39-45)57-22-9-6-18-48(57)49-19-7-10-23-58(49)65/h1-39H. The van der Waals surface area contributed by atoms with Crippen LogP contribution < -0.4 is 0 Å². The summed E-state index contributed by atoms with van der Waals surface area (Å²) in [6.45, 7) is 0. The van der Waals surface area contributed by atoms with Crippen LogP contribution in [0.2, 0.25) is 0 Å². The molecule has 1 spiro atoms. The van der Waals surface area contributed by atoms with Crippen LogP contribution in [0.3, 0.4) is 0 Å². The van der Waals surface area contributed by atoms with Gasteiger partial charge in [-0.05, 0) is 143 Å². The largest absolute Gasteiger partial charge is 0.309 e. The first-order valence-corrected chi connectivity index (χ1v) is 23.5. The first-order chi connectivity index (χ1) is 33.7. The van der Waals surface area contributed by atoms with Gasteiger partial charge in [0.25, 0.3) is 0 Å². The lowest BCUT2D eigenvalue weighted by Crippen LogP contribution is -2.25. The molecule has 0 fully saturated rings. The molecular formula is C65H39N3. The van der Waals surface area contributed by atoms with Crippen LogP contribution in [0.25, 0.3) is 116 Å². The van der Waals surface area contributed by atoms with Crippen molar-refractivity contribution in [2.24, 2.45) is 0 Å². The number of rotatable bonds is 4. The predicted octanol–water partition coefficient (Wildman–Crippen LogP) is 16.4. The smallest absolute Gasteiger partial charge is 0.0971 e. The first kappa shape index (κ1) is 37.3. The zero-order chi connectivity index (χ0) is 44.5. The number of para-hydroxylation sites is 1. The predicted molar refractivity (Wildman–Crippen MR) is 281 cm³/mol. The molecule has 2 aliphatic carbocycles. The second-order valence-corrected chi connectivity index (χ2v) is 18.4. The Hall–Kier alpha value is -8.92. The van der Waals surface area contributed by atoms with E-state index in [1.807, 2.05) is 0 Å². The van der Waals surface area contributed by atoms with Gasteiger partial charge in [-0.2, -0.15) is 0 Å². The molecule has 314 valence electrons. The normalized spacial score (nSPS) is 13.1. The summed E-state index contributed by atoms with van der Waals surface area (Å²) in [6, 6.07) is 83.5. The Kier molecular flexibility index (Phi) is 7.71. The SMILES string of the molecule is c1ccc(-n2c3ccc(-c4cccc(-c5ccc6c(c5)c5ccccc5c5nccnc65)c4)cc3c3cc(-c4ccc5c(c4)C4(c6ccccc6-c6ccccc64)c4ccccc4-5)ccc32)cc1. The molecule has 0 bridgehead atoms. The fourth-order valence-corrected chi connectivity index (χ4v) is 12.2. The Morgan fingerprint density at radius 1 is 0.279 bits per heavy atom. The van der Waals surface area contributed by atoms with Gasteiger partial charge in [0.15, 0.2) is 0 Å². The van der Waals surface area contributed by atoms with E-state index < -0.39 is 5.41 Å². The molecule has 0 amide bonds. The van der Waals surface area contributed by atoms with Crippen molar-refractivity contribution >= 4 is 54.4 Å². The van der Waals surface area contributed by atoms with Crippen molar-refractivity contribution in [1.29, 1.82) is 0 Å². The molecule has 0 saturated heterocycles. The zero-order valence-electron chi connectivity index (χ0n) is 36.9. The lowest BCUT2D eigenvalue weighted by molar-refractivity contribution is 0.794. The van der Waals surface area contributed by atoms with E-state index in [1.165, 1.54) is 110 Å². The molecule has 3 nitrogen and oxygen atoms in total. The highest BCUT2D eigenvalue weighted by atomic mass is 15.0. The molecule has 0 aliphatic heterocycles. The van der Waals surface area contributed by atoms with Crippen LogP contribution in [-0.2, 0) is 5.41 Å². The van der Waals surface area contributed by atoms with E-state index in [1.54, 1.807) is 12.4 Å². The van der Waals surface area contributed by atoms with Gasteiger partial charge in [-0.15, -0.1) is 0 Å². The van der Waals surface area contributed by atoms with E-state index in [0.717, 1.165) is 27.5 Å². The van der Waals surface area contributed by atoms with Gasteiger partial charge in [-0.3, -0.25) is 9.97 Å². The Morgan fingerprint density at radius 3 is 1.32 bits per heavy atom. The highest BCUT2D eigenvalue weighted by Gasteiger charge is 2.51. The molecule has 2 aliphatic rings. The van der Waals surface area contributed by atoms with Crippen LogP contribution in [0, 0.1) is 0 Å². The molecule has 3 heteroatoms. The summed E-state index contributed by atoms with van der Waals surface area (Å²) in [5, 5.41) is 7.06. The van der Waals surface area contributed by atoms with E-state index in [2.05, 4.69) is 229 Å². The molecule has 0 saturated carbocycles. The van der Waals surface area contributed by atoms with Gasteiger partial charge in [-0.1, -0.05) is 170 Å². The molecular weight excluding hydrogens is 823 g/mol. The van der Waals surface area contributed by atoms with Crippen molar-refractivity contribution in [3.05, 3.63) is 259 Å². The highest BCUT2D eigenvalue weighted by Crippen LogP contribution is 2.63. The average Bonchev–Trinajstić information content (AvgIpc) is 4.02. The molecule has 0 unspecified atom stereocenters. The fraction of sp³-hybridized carbons (Fsp3) is 0.0154. The molecule has 68 heavy (non-hydrogen) atoms. The lowest BCUT2D eigenvalue weighted by Gasteiger charge is -2.30.